The van der Waals surface area contributed by atoms with Crippen LogP contribution in [-0.4, -0.2) is 46.2 Å². The predicted octanol–water partition coefficient (Wildman–Crippen LogP) is 3.17. The molecule has 0 aliphatic rings. The van der Waals surface area contributed by atoms with Crippen molar-refractivity contribution in [3.8, 4) is 6.07 Å². The number of nitriles is 1. The third-order valence-electron chi connectivity index (χ3n) is 4.41. The summed E-state index contributed by atoms with van der Waals surface area (Å²) >= 11 is 0. The molecule has 0 fully saturated rings. The predicted molar refractivity (Wildman–Crippen MR) is 104 cm³/mol. The van der Waals surface area contributed by atoms with Crippen molar-refractivity contribution in [3.63, 3.8) is 0 Å². The Labute approximate surface area is 165 Å². The normalized spacial score (nSPS) is 10.3. The number of rotatable bonds is 10. The van der Waals surface area contributed by atoms with Gasteiger partial charge in [-0.3, -0.25) is 14.6 Å². The lowest BCUT2D eigenvalue weighted by Crippen LogP contribution is -2.37. The standard InChI is InChI=1S/C21H26N4O3/c1-3-11-24(21(27)19-8-14-28-17(19)2)13-7-20(26)25(12-5-9-22)16-18-6-4-10-23-15-18/h4,6,8,10,14-15H,3,5,7,11-13,16H2,1-2H3. The molecule has 2 heterocycles. The molecular weight excluding hydrogens is 356 g/mol. The molecular formula is C21H26N4O3. The molecule has 2 rings (SSSR count). The van der Waals surface area contributed by atoms with Crippen LogP contribution in [0.1, 0.15) is 47.9 Å². The summed E-state index contributed by atoms with van der Waals surface area (Å²) in [5.41, 5.74) is 1.43. The Bertz CT molecular complexity index is 811. The Morgan fingerprint density at radius 1 is 1.21 bits per heavy atom. The fourth-order valence-corrected chi connectivity index (χ4v) is 2.94. The average molecular weight is 382 g/mol. The molecule has 0 unspecified atom stereocenters. The molecule has 0 saturated carbocycles. The Balaban J connectivity index is 2.02. The lowest BCUT2D eigenvalue weighted by molar-refractivity contribution is -0.132. The summed E-state index contributed by atoms with van der Waals surface area (Å²) in [5.74, 6) is 0.360. The zero-order valence-corrected chi connectivity index (χ0v) is 16.4. The van der Waals surface area contributed by atoms with Crippen LogP contribution >= 0.6 is 0 Å². The molecule has 2 aromatic rings. The maximum absolute atomic E-state index is 12.8. The second kappa shape index (κ2) is 10.9. The number of nitrogens with zero attached hydrogens (tertiary/aromatic N) is 4. The van der Waals surface area contributed by atoms with E-state index in [0.29, 0.717) is 37.5 Å². The molecule has 0 aliphatic heterocycles. The molecule has 7 heteroatoms. The first kappa shape index (κ1) is 21.2. The van der Waals surface area contributed by atoms with Crippen molar-refractivity contribution in [1.82, 2.24) is 14.8 Å². The molecule has 0 aromatic carbocycles. The molecule has 0 atom stereocenters. The van der Waals surface area contributed by atoms with E-state index in [2.05, 4.69) is 11.1 Å². The van der Waals surface area contributed by atoms with Crippen molar-refractivity contribution < 1.29 is 14.0 Å². The van der Waals surface area contributed by atoms with Gasteiger partial charge in [-0.25, -0.2) is 0 Å². The summed E-state index contributed by atoms with van der Waals surface area (Å²) in [6, 6.07) is 7.45. The summed E-state index contributed by atoms with van der Waals surface area (Å²) in [6.07, 6.45) is 6.14. The van der Waals surface area contributed by atoms with Gasteiger partial charge in [0.15, 0.2) is 0 Å². The van der Waals surface area contributed by atoms with Crippen LogP contribution in [0.25, 0.3) is 0 Å². The molecule has 0 N–H and O–H groups in total. The highest BCUT2D eigenvalue weighted by molar-refractivity contribution is 5.95. The van der Waals surface area contributed by atoms with Gasteiger partial charge in [-0.2, -0.15) is 5.26 Å². The van der Waals surface area contributed by atoms with Crippen LogP contribution < -0.4 is 0 Å². The van der Waals surface area contributed by atoms with Gasteiger partial charge < -0.3 is 14.2 Å². The Morgan fingerprint density at radius 3 is 2.64 bits per heavy atom. The van der Waals surface area contributed by atoms with E-state index in [1.54, 1.807) is 35.2 Å². The van der Waals surface area contributed by atoms with E-state index in [-0.39, 0.29) is 24.7 Å². The Kier molecular flexibility index (Phi) is 8.22. The van der Waals surface area contributed by atoms with Gasteiger partial charge >= 0.3 is 0 Å². The van der Waals surface area contributed by atoms with Crippen molar-refractivity contribution >= 4 is 11.8 Å². The van der Waals surface area contributed by atoms with E-state index in [1.807, 2.05) is 19.1 Å². The zero-order valence-electron chi connectivity index (χ0n) is 16.4. The minimum absolute atomic E-state index is 0.0862. The van der Waals surface area contributed by atoms with Crippen molar-refractivity contribution in [3.05, 3.63) is 53.7 Å². The van der Waals surface area contributed by atoms with Gasteiger partial charge in [0.25, 0.3) is 5.91 Å². The van der Waals surface area contributed by atoms with Gasteiger partial charge in [0.05, 0.1) is 24.3 Å². The minimum Gasteiger partial charge on any atom is -0.469 e. The van der Waals surface area contributed by atoms with Crippen molar-refractivity contribution in [2.45, 2.75) is 39.7 Å². The van der Waals surface area contributed by atoms with Crippen molar-refractivity contribution in [1.29, 1.82) is 5.26 Å². The van der Waals surface area contributed by atoms with E-state index in [9.17, 15) is 9.59 Å². The number of hydrogen-bond donors (Lipinski definition) is 0. The first-order chi connectivity index (χ1) is 13.6. The van der Waals surface area contributed by atoms with E-state index >= 15 is 0 Å². The van der Waals surface area contributed by atoms with Crippen LogP contribution in [0.15, 0.2) is 41.3 Å². The zero-order chi connectivity index (χ0) is 20.4. The van der Waals surface area contributed by atoms with Gasteiger partial charge in [-0.1, -0.05) is 13.0 Å². The summed E-state index contributed by atoms with van der Waals surface area (Å²) in [7, 11) is 0. The highest BCUT2D eigenvalue weighted by Crippen LogP contribution is 2.14. The van der Waals surface area contributed by atoms with Gasteiger partial charge in [-0.15, -0.1) is 0 Å². The SMILES string of the molecule is CCCN(CCC(=O)N(CCC#N)Cc1cccnc1)C(=O)c1ccoc1C. The maximum Gasteiger partial charge on any atom is 0.257 e. The lowest BCUT2D eigenvalue weighted by Gasteiger charge is -2.25. The Hall–Kier alpha value is -3.14. The summed E-state index contributed by atoms with van der Waals surface area (Å²) < 4.78 is 5.23. The molecule has 7 nitrogen and oxygen atoms in total. The van der Waals surface area contributed by atoms with Crippen LogP contribution in [0.5, 0.6) is 0 Å². The van der Waals surface area contributed by atoms with Gasteiger partial charge in [-0.05, 0) is 31.0 Å². The molecule has 28 heavy (non-hydrogen) atoms. The number of aryl methyl sites for hydroxylation is 1. The van der Waals surface area contributed by atoms with Crippen LogP contribution in [0.2, 0.25) is 0 Å². The Morgan fingerprint density at radius 2 is 2.04 bits per heavy atom. The third-order valence-corrected chi connectivity index (χ3v) is 4.41. The topological polar surface area (TPSA) is 90.4 Å². The molecule has 0 bridgehead atoms. The molecule has 0 radical (unpaired) electrons. The maximum atomic E-state index is 12.8. The number of hydrogen-bond acceptors (Lipinski definition) is 5. The highest BCUT2D eigenvalue weighted by Gasteiger charge is 2.21. The number of amides is 2. The van der Waals surface area contributed by atoms with E-state index < -0.39 is 0 Å². The van der Waals surface area contributed by atoms with Crippen LogP contribution in [0.3, 0.4) is 0 Å². The van der Waals surface area contributed by atoms with Crippen molar-refractivity contribution in [2.24, 2.45) is 0 Å². The third kappa shape index (κ3) is 5.95. The highest BCUT2D eigenvalue weighted by atomic mass is 16.3. The first-order valence-electron chi connectivity index (χ1n) is 9.43. The van der Waals surface area contributed by atoms with E-state index in [1.165, 1.54) is 6.26 Å². The van der Waals surface area contributed by atoms with Gasteiger partial charge in [0.1, 0.15) is 5.76 Å². The van der Waals surface area contributed by atoms with E-state index in [4.69, 9.17) is 9.68 Å². The van der Waals surface area contributed by atoms with Crippen molar-refractivity contribution in [2.75, 3.05) is 19.6 Å². The fourth-order valence-electron chi connectivity index (χ4n) is 2.94. The molecule has 0 spiro atoms. The number of pyridine rings is 1. The minimum atomic E-state index is -0.128. The summed E-state index contributed by atoms with van der Waals surface area (Å²) in [6.45, 7) is 5.39. The molecule has 0 aliphatic carbocycles. The number of carbonyl (C=O) groups is 2. The second-order valence-electron chi connectivity index (χ2n) is 6.52. The quantitative estimate of drug-likeness (QED) is 0.629. The molecule has 2 amide bonds. The summed E-state index contributed by atoms with van der Waals surface area (Å²) in [5, 5.41) is 8.89. The van der Waals surface area contributed by atoms with Crippen LogP contribution in [0.4, 0.5) is 0 Å². The molecule has 2 aromatic heterocycles. The smallest absolute Gasteiger partial charge is 0.257 e. The van der Waals surface area contributed by atoms with Crippen LogP contribution in [-0.2, 0) is 11.3 Å². The first-order valence-corrected chi connectivity index (χ1v) is 9.43. The second-order valence-corrected chi connectivity index (χ2v) is 6.52. The van der Waals surface area contributed by atoms with Gasteiger partial charge in [0.2, 0.25) is 5.91 Å². The molecule has 0 saturated heterocycles. The van der Waals surface area contributed by atoms with Gasteiger partial charge in [0, 0.05) is 45.0 Å². The summed E-state index contributed by atoms with van der Waals surface area (Å²) in [4.78, 5) is 32.9. The van der Waals surface area contributed by atoms with Crippen LogP contribution in [0, 0.1) is 18.3 Å². The number of carbonyl (C=O) groups excluding carboxylic acids is 2. The number of aromatic nitrogens is 1. The fraction of sp³-hybridized carbons (Fsp3) is 0.429. The molecule has 148 valence electrons. The largest absolute Gasteiger partial charge is 0.469 e. The average Bonchev–Trinajstić information content (AvgIpc) is 3.14. The monoisotopic (exact) mass is 382 g/mol. The lowest BCUT2D eigenvalue weighted by atomic mass is 10.2. The van der Waals surface area contributed by atoms with E-state index in [0.717, 1.165) is 12.0 Å². The number of furan rings is 1.